The van der Waals surface area contributed by atoms with Crippen LogP contribution in [0, 0.1) is 6.92 Å². The molecule has 0 bridgehead atoms. The van der Waals surface area contributed by atoms with Crippen molar-refractivity contribution >= 4 is 5.95 Å². The zero-order valence-corrected chi connectivity index (χ0v) is 7.56. The van der Waals surface area contributed by atoms with Crippen LogP contribution in [0.25, 0.3) is 0 Å². The fourth-order valence-electron chi connectivity index (χ4n) is 1.15. The molecule has 0 saturated heterocycles. The second-order valence-corrected chi connectivity index (χ2v) is 2.58. The highest BCUT2D eigenvalue weighted by Gasteiger charge is 2.03. The zero-order chi connectivity index (χ0) is 9.14. The fraction of sp³-hybridized carbons (Fsp3) is 0.500. The van der Waals surface area contributed by atoms with Gasteiger partial charge < -0.3 is 5.32 Å². The van der Waals surface area contributed by atoms with Gasteiger partial charge in [0.1, 0.15) is 0 Å². The van der Waals surface area contributed by atoms with Gasteiger partial charge in [0.15, 0.2) is 0 Å². The number of nitrogens with one attached hydrogen (secondary N) is 2. The zero-order valence-electron chi connectivity index (χ0n) is 7.56. The van der Waals surface area contributed by atoms with E-state index in [-0.39, 0.29) is 5.56 Å². The summed E-state index contributed by atoms with van der Waals surface area (Å²) in [7, 11) is 1.73. The van der Waals surface area contributed by atoms with Gasteiger partial charge in [-0.15, -0.1) is 0 Å². The summed E-state index contributed by atoms with van der Waals surface area (Å²) in [4.78, 5) is 18.1. The van der Waals surface area contributed by atoms with Crippen LogP contribution in [0.2, 0.25) is 0 Å². The van der Waals surface area contributed by atoms with Gasteiger partial charge >= 0.3 is 0 Å². The van der Waals surface area contributed by atoms with E-state index in [4.69, 9.17) is 0 Å². The Morgan fingerprint density at radius 2 is 2.25 bits per heavy atom. The van der Waals surface area contributed by atoms with Gasteiger partial charge in [0.2, 0.25) is 5.95 Å². The van der Waals surface area contributed by atoms with E-state index >= 15 is 0 Å². The molecule has 12 heavy (non-hydrogen) atoms. The lowest BCUT2D eigenvalue weighted by Crippen LogP contribution is -2.17. The molecule has 0 aliphatic rings. The van der Waals surface area contributed by atoms with Crippen LogP contribution in [0.1, 0.15) is 18.2 Å². The minimum Gasteiger partial charge on any atom is -0.359 e. The average molecular weight is 167 g/mol. The molecule has 1 rings (SSSR count). The molecule has 0 amide bonds. The largest absolute Gasteiger partial charge is 0.359 e. The first-order chi connectivity index (χ1) is 5.69. The third kappa shape index (κ3) is 1.47. The fourth-order valence-corrected chi connectivity index (χ4v) is 1.15. The van der Waals surface area contributed by atoms with Crippen LogP contribution in [0.15, 0.2) is 4.79 Å². The third-order valence-corrected chi connectivity index (χ3v) is 1.81. The lowest BCUT2D eigenvalue weighted by atomic mass is 10.2. The second-order valence-electron chi connectivity index (χ2n) is 2.58. The van der Waals surface area contributed by atoms with E-state index in [1.54, 1.807) is 7.05 Å². The first-order valence-corrected chi connectivity index (χ1v) is 3.96. The summed E-state index contributed by atoms with van der Waals surface area (Å²) in [5.41, 5.74) is 1.51. The molecule has 0 aliphatic heterocycles. The summed E-state index contributed by atoms with van der Waals surface area (Å²) < 4.78 is 0. The number of aryl methyl sites for hydroxylation is 1. The third-order valence-electron chi connectivity index (χ3n) is 1.81. The Hall–Kier alpha value is -1.32. The summed E-state index contributed by atoms with van der Waals surface area (Å²) in [6.45, 7) is 3.78. The first kappa shape index (κ1) is 8.77. The molecule has 0 atom stereocenters. The molecule has 0 aliphatic carbocycles. The van der Waals surface area contributed by atoms with E-state index in [9.17, 15) is 4.79 Å². The summed E-state index contributed by atoms with van der Waals surface area (Å²) in [6.07, 6.45) is 0.720. The van der Waals surface area contributed by atoms with Crippen molar-refractivity contribution in [2.75, 3.05) is 12.4 Å². The second kappa shape index (κ2) is 3.38. The van der Waals surface area contributed by atoms with Crippen LogP contribution in [0.5, 0.6) is 0 Å². The number of H-pyrrole nitrogens is 1. The van der Waals surface area contributed by atoms with Gasteiger partial charge in [0.25, 0.3) is 5.56 Å². The molecular formula is C8H13N3O. The minimum absolute atomic E-state index is 0.0469. The molecule has 0 saturated carbocycles. The van der Waals surface area contributed by atoms with Crippen molar-refractivity contribution < 1.29 is 0 Å². The number of aromatic nitrogens is 2. The van der Waals surface area contributed by atoms with Crippen LogP contribution in [0.3, 0.4) is 0 Å². The van der Waals surface area contributed by atoms with E-state index < -0.39 is 0 Å². The minimum atomic E-state index is -0.0469. The Bertz CT molecular complexity index is 330. The van der Waals surface area contributed by atoms with Gasteiger partial charge in [-0.3, -0.25) is 9.78 Å². The lowest BCUT2D eigenvalue weighted by molar-refractivity contribution is 0.963. The Labute approximate surface area is 71.0 Å². The number of aromatic amines is 1. The summed E-state index contributed by atoms with van der Waals surface area (Å²) in [6, 6.07) is 0. The molecule has 0 aromatic carbocycles. The van der Waals surface area contributed by atoms with E-state index in [2.05, 4.69) is 15.3 Å². The van der Waals surface area contributed by atoms with Gasteiger partial charge in [-0.25, -0.2) is 4.98 Å². The number of hydrogen-bond donors (Lipinski definition) is 2. The SMILES string of the molecule is CCc1c(C)nc(NC)[nH]c1=O. The van der Waals surface area contributed by atoms with Crippen LogP contribution >= 0.6 is 0 Å². The maximum absolute atomic E-state index is 11.3. The average Bonchev–Trinajstić information content (AvgIpc) is 2.03. The van der Waals surface area contributed by atoms with Crippen molar-refractivity contribution in [2.24, 2.45) is 0 Å². The molecular weight excluding hydrogens is 154 g/mol. The molecule has 1 aromatic heterocycles. The maximum atomic E-state index is 11.3. The number of hydrogen-bond acceptors (Lipinski definition) is 3. The van der Waals surface area contributed by atoms with Crippen molar-refractivity contribution in [1.82, 2.24) is 9.97 Å². The summed E-state index contributed by atoms with van der Waals surface area (Å²) in [5.74, 6) is 0.523. The van der Waals surface area contributed by atoms with Gasteiger partial charge in [-0.1, -0.05) is 6.92 Å². The standard InChI is InChI=1S/C8H13N3O/c1-4-6-5(2)10-8(9-3)11-7(6)12/h4H2,1-3H3,(H2,9,10,11,12). The van der Waals surface area contributed by atoms with Gasteiger partial charge in [-0.05, 0) is 13.3 Å². The smallest absolute Gasteiger partial charge is 0.255 e. The first-order valence-electron chi connectivity index (χ1n) is 3.96. The number of anilines is 1. The highest BCUT2D eigenvalue weighted by Crippen LogP contribution is 2.01. The molecule has 4 nitrogen and oxygen atoms in total. The predicted molar refractivity (Wildman–Crippen MR) is 48.5 cm³/mol. The molecule has 1 aromatic rings. The van der Waals surface area contributed by atoms with Crippen LogP contribution in [0.4, 0.5) is 5.95 Å². The molecule has 66 valence electrons. The van der Waals surface area contributed by atoms with E-state index in [0.29, 0.717) is 5.95 Å². The van der Waals surface area contributed by atoms with E-state index in [1.807, 2.05) is 13.8 Å². The Morgan fingerprint density at radius 3 is 2.67 bits per heavy atom. The molecule has 0 fully saturated rings. The van der Waals surface area contributed by atoms with Crippen molar-refractivity contribution in [2.45, 2.75) is 20.3 Å². The molecule has 1 heterocycles. The highest BCUT2D eigenvalue weighted by atomic mass is 16.1. The summed E-state index contributed by atoms with van der Waals surface area (Å²) >= 11 is 0. The van der Waals surface area contributed by atoms with Crippen molar-refractivity contribution in [3.05, 3.63) is 21.6 Å². The maximum Gasteiger partial charge on any atom is 0.255 e. The Kier molecular flexibility index (Phi) is 2.47. The summed E-state index contributed by atoms with van der Waals surface area (Å²) in [5, 5.41) is 2.79. The Morgan fingerprint density at radius 1 is 1.58 bits per heavy atom. The molecule has 2 N–H and O–H groups in total. The van der Waals surface area contributed by atoms with Gasteiger partial charge in [0.05, 0.1) is 0 Å². The number of rotatable bonds is 2. The Balaban J connectivity index is 3.28. The predicted octanol–water partition coefficient (Wildman–Crippen LogP) is 0.682. The molecule has 4 heteroatoms. The van der Waals surface area contributed by atoms with Crippen molar-refractivity contribution in [3.8, 4) is 0 Å². The van der Waals surface area contributed by atoms with Gasteiger partial charge in [-0.2, -0.15) is 0 Å². The van der Waals surface area contributed by atoms with Crippen LogP contribution in [-0.2, 0) is 6.42 Å². The monoisotopic (exact) mass is 167 g/mol. The highest BCUT2D eigenvalue weighted by molar-refractivity contribution is 5.28. The van der Waals surface area contributed by atoms with Gasteiger partial charge in [0, 0.05) is 18.3 Å². The van der Waals surface area contributed by atoms with E-state index in [1.165, 1.54) is 0 Å². The lowest BCUT2D eigenvalue weighted by Gasteiger charge is -2.03. The molecule has 0 spiro atoms. The normalized spacial score (nSPS) is 9.92. The van der Waals surface area contributed by atoms with Crippen molar-refractivity contribution in [3.63, 3.8) is 0 Å². The van der Waals surface area contributed by atoms with Crippen LogP contribution in [-0.4, -0.2) is 17.0 Å². The molecule has 0 unspecified atom stereocenters. The topological polar surface area (TPSA) is 57.8 Å². The number of nitrogens with zero attached hydrogens (tertiary/aromatic N) is 1. The quantitative estimate of drug-likeness (QED) is 0.681. The molecule has 0 radical (unpaired) electrons. The van der Waals surface area contributed by atoms with Crippen molar-refractivity contribution in [1.29, 1.82) is 0 Å². The van der Waals surface area contributed by atoms with E-state index in [0.717, 1.165) is 17.7 Å². The van der Waals surface area contributed by atoms with Crippen LogP contribution < -0.4 is 10.9 Å².